The molecular weight excluding hydrogens is 224 g/mol. The van der Waals surface area contributed by atoms with Crippen molar-refractivity contribution in [1.82, 2.24) is 0 Å². The Morgan fingerprint density at radius 2 is 1.78 bits per heavy atom. The molecule has 0 fully saturated rings. The van der Waals surface area contributed by atoms with Crippen molar-refractivity contribution in [2.45, 2.75) is 6.04 Å². The molecule has 0 spiro atoms. The molecule has 0 heterocycles. The van der Waals surface area contributed by atoms with E-state index in [9.17, 15) is 0 Å². The minimum absolute atomic E-state index is 0.205. The van der Waals surface area contributed by atoms with E-state index in [0.717, 1.165) is 22.4 Å². The summed E-state index contributed by atoms with van der Waals surface area (Å²) in [4.78, 5) is 0. The zero-order valence-corrected chi connectivity index (χ0v) is 10.5. The van der Waals surface area contributed by atoms with Crippen LogP contribution in [-0.4, -0.2) is 13.7 Å². The van der Waals surface area contributed by atoms with E-state index in [1.807, 2.05) is 36.4 Å². The fraction of sp³-hybridized carbons (Fsp3) is 0.200. The highest BCUT2D eigenvalue weighted by atomic mass is 16.5. The van der Waals surface area contributed by atoms with Crippen LogP contribution in [0.1, 0.15) is 11.6 Å². The second-order valence-electron chi connectivity index (χ2n) is 4.16. The first-order chi connectivity index (χ1) is 8.76. The lowest BCUT2D eigenvalue weighted by Gasteiger charge is -2.15. The van der Waals surface area contributed by atoms with Crippen molar-refractivity contribution in [3.8, 4) is 16.9 Å². The molecule has 0 saturated carbocycles. The predicted octanol–water partition coefficient (Wildman–Crippen LogP) is 2.32. The SMILES string of the molecule is COc1ccc(-c2ccccc2)cc1C(N)CN. The molecule has 4 N–H and O–H groups in total. The summed E-state index contributed by atoms with van der Waals surface area (Å²) in [6, 6.07) is 16.0. The molecule has 1 unspecified atom stereocenters. The Morgan fingerprint density at radius 3 is 2.39 bits per heavy atom. The number of methoxy groups -OCH3 is 1. The van der Waals surface area contributed by atoms with Gasteiger partial charge in [-0.05, 0) is 23.3 Å². The van der Waals surface area contributed by atoms with E-state index in [1.165, 1.54) is 0 Å². The normalized spacial score (nSPS) is 12.2. The van der Waals surface area contributed by atoms with Gasteiger partial charge in [-0.2, -0.15) is 0 Å². The van der Waals surface area contributed by atoms with Crippen LogP contribution in [0, 0.1) is 0 Å². The summed E-state index contributed by atoms with van der Waals surface area (Å²) in [6.07, 6.45) is 0. The smallest absolute Gasteiger partial charge is 0.123 e. The van der Waals surface area contributed by atoms with E-state index in [0.29, 0.717) is 6.54 Å². The average molecular weight is 242 g/mol. The third-order valence-electron chi connectivity index (χ3n) is 2.99. The molecule has 0 radical (unpaired) electrons. The zero-order chi connectivity index (χ0) is 13.0. The standard InChI is InChI=1S/C15H18N2O/c1-18-15-8-7-12(9-13(15)14(17)10-16)11-5-3-2-4-6-11/h2-9,14H,10,16-17H2,1H3. The molecule has 0 bridgehead atoms. The first-order valence-electron chi connectivity index (χ1n) is 5.95. The first-order valence-corrected chi connectivity index (χ1v) is 5.95. The summed E-state index contributed by atoms with van der Waals surface area (Å²) in [7, 11) is 1.64. The van der Waals surface area contributed by atoms with E-state index >= 15 is 0 Å². The van der Waals surface area contributed by atoms with E-state index in [-0.39, 0.29) is 6.04 Å². The Balaban J connectivity index is 2.46. The fourth-order valence-electron chi connectivity index (χ4n) is 1.96. The molecule has 18 heavy (non-hydrogen) atoms. The lowest BCUT2D eigenvalue weighted by Crippen LogP contribution is -2.21. The highest BCUT2D eigenvalue weighted by Crippen LogP contribution is 2.29. The van der Waals surface area contributed by atoms with Crippen molar-refractivity contribution < 1.29 is 4.74 Å². The van der Waals surface area contributed by atoms with Crippen LogP contribution in [0.25, 0.3) is 11.1 Å². The van der Waals surface area contributed by atoms with Gasteiger partial charge in [-0.3, -0.25) is 0 Å². The Bertz CT molecular complexity index is 511. The van der Waals surface area contributed by atoms with Crippen LogP contribution >= 0.6 is 0 Å². The Labute approximate surface area is 107 Å². The topological polar surface area (TPSA) is 61.3 Å². The molecule has 0 amide bonds. The van der Waals surface area contributed by atoms with Gasteiger partial charge in [-0.25, -0.2) is 0 Å². The molecular formula is C15H18N2O. The van der Waals surface area contributed by atoms with Gasteiger partial charge in [-0.15, -0.1) is 0 Å². The molecule has 0 aliphatic rings. The van der Waals surface area contributed by atoms with Crippen LogP contribution in [0.5, 0.6) is 5.75 Å². The summed E-state index contributed by atoms with van der Waals surface area (Å²) in [6.45, 7) is 0.397. The summed E-state index contributed by atoms with van der Waals surface area (Å²) in [5, 5.41) is 0. The van der Waals surface area contributed by atoms with Crippen LogP contribution in [0.2, 0.25) is 0 Å². The number of ether oxygens (including phenoxy) is 1. The number of nitrogens with two attached hydrogens (primary N) is 2. The fourth-order valence-corrected chi connectivity index (χ4v) is 1.96. The van der Waals surface area contributed by atoms with Crippen LogP contribution in [0.3, 0.4) is 0 Å². The van der Waals surface area contributed by atoms with Crippen molar-refractivity contribution in [1.29, 1.82) is 0 Å². The van der Waals surface area contributed by atoms with Gasteiger partial charge < -0.3 is 16.2 Å². The van der Waals surface area contributed by atoms with Crippen LogP contribution in [0.15, 0.2) is 48.5 Å². The molecule has 1 atom stereocenters. The molecule has 2 rings (SSSR count). The van der Waals surface area contributed by atoms with Gasteiger partial charge in [-0.1, -0.05) is 36.4 Å². The van der Waals surface area contributed by atoms with Crippen LogP contribution < -0.4 is 16.2 Å². The van der Waals surface area contributed by atoms with Gasteiger partial charge in [0.15, 0.2) is 0 Å². The minimum atomic E-state index is -0.205. The van der Waals surface area contributed by atoms with Gasteiger partial charge in [0.25, 0.3) is 0 Å². The third-order valence-corrected chi connectivity index (χ3v) is 2.99. The Hall–Kier alpha value is -1.84. The summed E-state index contributed by atoms with van der Waals surface area (Å²) in [5.41, 5.74) is 14.9. The summed E-state index contributed by atoms with van der Waals surface area (Å²) >= 11 is 0. The monoisotopic (exact) mass is 242 g/mol. The van der Waals surface area contributed by atoms with Gasteiger partial charge >= 0.3 is 0 Å². The number of benzene rings is 2. The maximum atomic E-state index is 6.01. The quantitative estimate of drug-likeness (QED) is 0.865. The number of hydrogen-bond acceptors (Lipinski definition) is 3. The molecule has 94 valence electrons. The molecule has 0 aliphatic carbocycles. The molecule has 3 nitrogen and oxygen atoms in total. The molecule has 2 aromatic carbocycles. The highest BCUT2D eigenvalue weighted by Gasteiger charge is 2.11. The molecule has 0 aliphatic heterocycles. The van der Waals surface area contributed by atoms with Gasteiger partial charge in [0.05, 0.1) is 7.11 Å². The predicted molar refractivity (Wildman–Crippen MR) is 74.4 cm³/mol. The lowest BCUT2D eigenvalue weighted by molar-refractivity contribution is 0.406. The van der Waals surface area contributed by atoms with Crippen molar-refractivity contribution in [3.63, 3.8) is 0 Å². The molecule has 0 aromatic heterocycles. The van der Waals surface area contributed by atoms with E-state index in [2.05, 4.69) is 12.1 Å². The lowest BCUT2D eigenvalue weighted by atomic mass is 9.99. The molecule has 0 saturated heterocycles. The van der Waals surface area contributed by atoms with Crippen molar-refractivity contribution in [2.75, 3.05) is 13.7 Å². The largest absolute Gasteiger partial charge is 0.496 e. The summed E-state index contributed by atoms with van der Waals surface area (Å²) < 4.78 is 5.32. The number of hydrogen-bond donors (Lipinski definition) is 2. The van der Waals surface area contributed by atoms with Crippen LogP contribution in [-0.2, 0) is 0 Å². The number of rotatable bonds is 4. The van der Waals surface area contributed by atoms with Crippen molar-refractivity contribution in [3.05, 3.63) is 54.1 Å². The second-order valence-corrected chi connectivity index (χ2v) is 4.16. The summed E-state index contributed by atoms with van der Waals surface area (Å²) in [5.74, 6) is 0.785. The van der Waals surface area contributed by atoms with E-state index in [1.54, 1.807) is 7.11 Å². The first kappa shape index (κ1) is 12.6. The van der Waals surface area contributed by atoms with E-state index in [4.69, 9.17) is 16.2 Å². The van der Waals surface area contributed by atoms with Crippen LogP contribution in [0.4, 0.5) is 0 Å². The minimum Gasteiger partial charge on any atom is -0.496 e. The average Bonchev–Trinajstić information content (AvgIpc) is 2.46. The molecule has 2 aromatic rings. The van der Waals surface area contributed by atoms with Crippen molar-refractivity contribution >= 4 is 0 Å². The maximum absolute atomic E-state index is 6.01. The Kier molecular flexibility index (Phi) is 3.97. The van der Waals surface area contributed by atoms with Gasteiger partial charge in [0.2, 0.25) is 0 Å². The molecule has 3 heteroatoms. The third kappa shape index (κ3) is 2.53. The maximum Gasteiger partial charge on any atom is 0.123 e. The Morgan fingerprint density at radius 1 is 1.06 bits per heavy atom. The highest BCUT2D eigenvalue weighted by molar-refractivity contribution is 5.66. The van der Waals surface area contributed by atoms with Gasteiger partial charge in [0.1, 0.15) is 5.75 Å². The second kappa shape index (κ2) is 5.67. The van der Waals surface area contributed by atoms with Crippen molar-refractivity contribution in [2.24, 2.45) is 11.5 Å². The van der Waals surface area contributed by atoms with Gasteiger partial charge in [0, 0.05) is 18.2 Å². The van der Waals surface area contributed by atoms with E-state index < -0.39 is 0 Å². The zero-order valence-electron chi connectivity index (χ0n) is 10.5.